The van der Waals surface area contributed by atoms with Gasteiger partial charge in [-0.1, -0.05) is 13.3 Å². The van der Waals surface area contributed by atoms with Gasteiger partial charge in [0.2, 0.25) is 0 Å². The molecule has 0 spiro atoms. The van der Waals surface area contributed by atoms with Crippen molar-refractivity contribution in [2.24, 2.45) is 0 Å². The molecular formula is C17H25FN2O3S. The van der Waals surface area contributed by atoms with Crippen LogP contribution in [0.4, 0.5) is 10.1 Å². The molecule has 1 amide bonds. The van der Waals surface area contributed by atoms with Gasteiger partial charge in [0, 0.05) is 6.42 Å². The van der Waals surface area contributed by atoms with Crippen LogP contribution in [-0.4, -0.2) is 42.5 Å². The third kappa shape index (κ3) is 5.21. The Hall–Kier alpha value is -1.60. The van der Waals surface area contributed by atoms with Crippen molar-refractivity contribution in [3.8, 4) is 0 Å². The second-order valence-electron chi connectivity index (χ2n) is 6.09. The van der Waals surface area contributed by atoms with Crippen molar-refractivity contribution in [3.05, 3.63) is 29.1 Å². The summed E-state index contributed by atoms with van der Waals surface area (Å²) in [6.07, 6.45) is 1.40. The smallest absolute Gasteiger partial charge is 0.340 e. The number of esters is 1. The molecule has 1 aromatic rings. The number of carbonyl (C=O) groups is 2. The highest BCUT2D eigenvalue weighted by Gasteiger charge is 2.28. The Labute approximate surface area is 148 Å². The second kappa shape index (κ2) is 8.48. The number of halogens is 1. The van der Waals surface area contributed by atoms with Gasteiger partial charge in [0.15, 0.2) is 6.04 Å². The summed E-state index contributed by atoms with van der Waals surface area (Å²) >= 11 is 5.37. The summed E-state index contributed by atoms with van der Waals surface area (Å²) in [6.45, 7) is 5.43. The van der Waals surface area contributed by atoms with E-state index in [0.29, 0.717) is 12.0 Å². The van der Waals surface area contributed by atoms with E-state index in [-0.39, 0.29) is 27.7 Å². The summed E-state index contributed by atoms with van der Waals surface area (Å²) in [5.41, 5.74) is 0.730. The minimum atomic E-state index is -0.672. The predicted molar refractivity (Wildman–Crippen MR) is 93.9 cm³/mol. The van der Waals surface area contributed by atoms with Crippen molar-refractivity contribution in [1.82, 2.24) is 0 Å². The summed E-state index contributed by atoms with van der Waals surface area (Å²) in [4.78, 5) is 24.8. The number of carbonyl (C=O) groups excluding carboxylic acids is 2. The molecule has 0 heterocycles. The molecule has 1 aromatic carbocycles. The molecule has 1 unspecified atom stereocenters. The first-order valence-electron chi connectivity index (χ1n) is 7.94. The zero-order chi connectivity index (χ0) is 18.5. The quantitative estimate of drug-likeness (QED) is 0.464. The van der Waals surface area contributed by atoms with E-state index in [4.69, 9.17) is 17.6 Å². The molecule has 0 radical (unpaired) electrons. The number of aryl methyl sites for hydroxylation is 1. The SMILES string of the molecule is CCCC(C(=O)Nc1c(C)cc(F)cc1C(=O)OCC)[N+](C)(C)[S-]. The normalized spacial score (nSPS) is 12.6. The fraction of sp³-hybridized carbons (Fsp3) is 0.529. The summed E-state index contributed by atoms with van der Waals surface area (Å²) in [5.74, 6) is -1.52. The van der Waals surface area contributed by atoms with Crippen LogP contribution in [0.5, 0.6) is 0 Å². The van der Waals surface area contributed by atoms with E-state index in [2.05, 4.69) is 5.32 Å². The highest BCUT2D eigenvalue weighted by molar-refractivity contribution is 7.52. The number of benzene rings is 1. The van der Waals surface area contributed by atoms with Gasteiger partial charge >= 0.3 is 5.97 Å². The van der Waals surface area contributed by atoms with Crippen LogP contribution in [-0.2, 0) is 22.3 Å². The first kappa shape index (κ1) is 20.4. The van der Waals surface area contributed by atoms with Gasteiger partial charge in [0.05, 0.1) is 32.0 Å². The molecule has 0 bridgehead atoms. The first-order valence-corrected chi connectivity index (χ1v) is 8.31. The minimum Gasteiger partial charge on any atom is -0.494 e. The van der Waals surface area contributed by atoms with E-state index < -0.39 is 17.8 Å². The van der Waals surface area contributed by atoms with Gasteiger partial charge < -0.3 is 26.8 Å². The molecule has 1 N–H and O–H groups in total. The highest BCUT2D eigenvalue weighted by atomic mass is 32.1. The van der Waals surface area contributed by atoms with Crippen molar-refractivity contribution in [1.29, 1.82) is 0 Å². The van der Waals surface area contributed by atoms with E-state index in [1.807, 2.05) is 6.92 Å². The lowest BCUT2D eigenvalue weighted by Gasteiger charge is -2.42. The number of hydrogen-bond donors (Lipinski definition) is 1. The molecule has 0 aliphatic rings. The molecule has 134 valence electrons. The van der Waals surface area contributed by atoms with Crippen LogP contribution in [0.3, 0.4) is 0 Å². The summed E-state index contributed by atoms with van der Waals surface area (Å²) in [6, 6.07) is 1.88. The number of rotatable bonds is 7. The van der Waals surface area contributed by atoms with Crippen LogP contribution in [0.15, 0.2) is 12.1 Å². The maximum Gasteiger partial charge on any atom is 0.340 e. The summed E-state index contributed by atoms with van der Waals surface area (Å²) in [7, 11) is 3.53. The number of quaternary nitrogens is 1. The number of likely N-dealkylation sites (N-methyl/N-ethyl adjacent to an activating group) is 1. The Balaban J connectivity index is 3.21. The van der Waals surface area contributed by atoms with Gasteiger partial charge in [-0.25, -0.2) is 9.18 Å². The molecule has 0 aliphatic heterocycles. The lowest BCUT2D eigenvalue weighted by Crippen LogP contribution is -2.50. The van der Waals surface area contributed by atoms with E-state index in [0.717, 1.165) is 12.5 Å². The molecule has 1 rings (SSSR count). The number of anilines is 1. The van der Waals surface area contributed by atoms with Crippen molar-refractivity contribution >= 4 is 30.4 Å². The fourth-order valence-electron chi connectivity index (χ4n) is 2.48. The van der Waals surface area contributed by atoms with Crippen LogP contribution in [0, 0.1) is 12.7 Å². The Morgan fingerprint density at radius 3 is 2.46 bits per heavy atom. The average Bonchev–Trinajstić information content (AvgIpc) is 2.46. The molecule has 0 saturated carbocycles. The molecule has 5 nitrogen and oxygen atoms in total. The molecule has 1 atom stereocenters. The molecule has 0 aromatic heterocycles. The van der Waals surface area contributed by atoms with Gasteiger partial charge in [-0.05, 0) is 31.5 Å². The number of amides is 1. The number of nitrogens with one attached hydrogen (secondary N) is 1. The Bertz CT molecular complexity index is 615. The van der Waals surface area contributed by atoms with Crippen molar-refractivity contribution in [2.75, 3.05) is 26.0 Å². The molecule has 0 saturated heterocycles. The van der Waals surface area contributed by atoms with E-state index in [1.165, 1.54) is 6.07 Å². The topological polar surface area (TPSA) is 55.4 Å². The van der Waals surface area contributed by atoms with Crippen LogP contribution < -0.4 is 5.32 Å². The molecule has 0 fully saturated rings. The highest BCUT2D eigenvalue weighted by Crippen LogP contribution is 2.25. The zero-order valence-corrected chi connectivity index (χ0v) is 15.6. The Kier molecular flexibility index (Phi) is 7.23. The third-order valence-corrected chi connectivity index (χ3v) is 3.91. The molecule has 7 heteroatoms. The number of hydrogen-bond acceptors (Lipinski definition) is 4. The Morgan fingerprint density at radius 2 is 1.96 bits per heavy atom. The van der Waals surface area contributed by atoms with Crippen molar-refractivity contribution in [3.63, 3.8) is 0 Å². The van der Waals surface area contributed by atoms with Crippen LogP contribution in [0.1, 0.15) is 42.6 Å². The second-order valence-corrected chi connectivity index (χ2v) is 7.03. The maximum absolute atomic E-state index is 13.7. The predicted octanol–water partition coefficient (Wildman–Crippen LogP) is 2.96. The molecular weight excluding hydrogens is 331 g/mol. The van der Waals surface area contributed by atoms with Crippen LogP contribution >= 0.6 is 0 Å². The lowest BCUT2D eigenvalue weighted by molar-refractivity contribution is -0.768. The minimum absolute atomic E-state index is 0.00706. The Morgan fingerprint density at radius 1 is 1.33 bits per heavy atom. The number of ether oxygens (including phenoxy) is 1. The summed E-state index contributed by atoms with van der Waals surface area (Å²) in [5, 5.41) is 2.75. The average molecular weight is 356 g/mol. The first-order chi connectivity index (χ1) is 11.1. The van der Waals surface area contributed by atoms with Crippen LogP contribution in [0.2, 0.25) is 0 Å². The molecule has 0 aliphatic carbocycles. The van der Waals surface area contributed by atoms with E-state index in [1.54, 1.807) is 27.9 Å². The van der Waals surface area contributed by atoms with Gasteiger partial charge in [0.25, 0.3) is 5.91 Å². The largest absolute Gasteiger partial charge is 0.494 e. The van der Waals surface area contributed by atoms with E-state index >= 15 is 0 Å². The number of nitrogens with zero attached hydrogens (tertiary/aromatic N) is 1. The van der Waals surface area contributed by atoms with Gasteiger partial charge in [-0.3, -0.25) is 4.79 Å². The zero-order valence-electron chi connectivity index (χ0n) is 14.8. The fourth-order valence-corrected chi connectivity index (χ4v) is 2.68. The molecule has 24 heavy (non-hydrogen) atoms. The lowest BCUT2D eigenvalue weighted by atomic mass is 10.1. The summed E-state index contributed by atoms with van der Waals surface area (Å²) < 4.78 is 18.7. The maximum atomic E-state index is 13.7. The van der Waals surface area contributed by atoms with E-state index in [9.17, 15) is 14.0 Å². The van der Waals surface area contributed by atoms with Crippen molar-refractivity contribution in [2.45, 2.75) is 39.7 Å². The standard InChI is InChI=1S/C17H25FN2O3S/c1-6-8-14(20(4,5)24)16(21)19-15-11(3)9-12(18)10-13(15)17(22)23-7-2/h9-10,14H,6-8H2,1-5H3,(H,19,21). The van der Waals surface area contributed by atoms with Gasteiger partial charge in [0.1, 0.15) is 5.82 Å². The van der Waals surface area contributed by atoms with Gasteiger partial charge in [-0.15, -0.1) is 0 Å². The van der Waals surface area contributed by atoms with Gasteiger partial charge in [-0.2, -0.15) is 0 Å². The van der Waals surface area contributed by atoms with Crippen LogP contribution in [0.25, 0.3) is 0 Å². The third-order valence-electron chi connectivity index (χ3n) is 3.66. The van der Waals surface area contributed by atoms with Crippen molar-refractivity contribution < 1.29 is 22.6 Å². The monoisotopic (exact) mass is 356 g/mol.